The largest absolute Gasteiger partial charge is 0.369 e. The Morgan fingerprint density at radius 3 is 2.75 bits per heavy atom. The first-order valence-electron chi connectivity index (χ1n) is 8.27. The molecule has 3 rings (SSSR count). The molecular formula is C20H23FN2O. The molecule has 1 aliphatic carbocycles. The highest BCUT2D eigenvalue weighted by molar-refractivity contribution is 5.61. The van der Waals surface area contributed by atoms with Gasteiger partial charge in [-0.15, -0.1) is 0 Å². The minimum Gasteiger partial charge on any atom is -0.369 e. The zero-order valence-corrected chi connectivity index (χ0v) is 14.3. The van der Waals surface area contributed by atoms with Crippen LogP contribution in [0.25, 0.3) is 6.08 Å². The highest BCUT2D eigenvalue weighted by atomic mass is 19.1. The van der Waals surface area contributed by atoms with Gasteiger partial charge in [0.25, 0.3) is 0 Å². The average Bonchev–Trinajstić information content (AvgIpc) is 3.31. The maximum atomic E-state index is 14.2. The normalized spacial score (nSPS) is 17.0. The Hall–Kier alpha value is -2.20. The third-order valence-corrected chi connectivity index (χ3v) is 4.71. The van der Waals surface area contributed by atoms with E-state index in [1.54, 1.807) is 18.3 Å². The Bertz CT molecular complexity index is 781. The van der Waals surface area contributed by atoms with Gasteiger partial charge < -0.3 is 10.4 Å². The van der Waals surface area contributed by atoms with Crippen LogP contribution < -0.4 is 5.32 Å². The Labute approximate surface area is 142 Å². The maximum absolute atomic E-state index is 14.2. The lowest BCUT2D eigenvalue weighted by Crippen LogP contribution is -2.13. The molecule has 0 saturated heterocycles. The molecule has 0 spiro atoms. The predicted molar refractivity (Wildman–Crippen MR) is 95.3 cm³/mol. The van der Waals surface area contributed by atoms with Gasteiger partial charge in [0.05, 0.1) is 5.69 Å². The summed E-state index contributed by atoms with van der Waals surface area (Å²) in [4.78, 5) is 4.41. The van der Waals surface area contributed by atoms with Crippen LogP contribution in [0.3, 0.4) is 0 Å². The smallest absolute Gasteiger partial charge is 0.151 e. The average molecular weight is 326 g/mol. The maximum Gasteiger partial charge on any atom is 0.151 e. The van der Waals surface area contributed by atoms with Crippen molar-refractivity contribution >= 4 is 11.8 Å². The molecular weight excluding hydrogens is 303 g/mol. The van der Waals surface area contributed by atoms with Crippen molar-refractivity contribution in [1.29, 1.82) is 0 Å². The zero-order valence-electron chi connectivity index (χ0n) is 14.3. The topological polar surface area (TPSA) is 45.1 Å². The molecule has 2 aromatic rings. The number of nitrogens with zero attached hydrogens (tertiary/aromatic N) is 1. The lowest BCUT2D eigenvalue weighted by Gasteiger charge is -2.18. The third kappa shape index (κ3) is 3.34. The van der Waals surface area contributed by atoms with Crippen LogP contribution in [0.1, 0.15) is 55.3 Å². The standard InChI is InChI=1S/C20H23FN2O/c1-4-5-14-11-17(16(21)10-13(14)2)23-19(24)15-6-9-22-18(12-15)20(3)7-8-20/h4-6,9-12,19,23-24H,7-8H2,1-3H3/b5-4+. The fourth-order valence-corrected chi connectivity index (χ4v) is 2.78. The number of anilines is 1. The van der Waals surface area contributed by atoms with Crippen molar-refractivity contribution < 1.29 is 9.50 Å². The van der Waals surface area contributed by atoms with Crippen LogP contribution in [-0.2, 0) is 5.41 Å². The van der Waals surface area contributed by atoms with Crippen LogP contribution in [0.2, 0.25) is 0 Å². The summed E-state index contributed by atoms with van der Waals surface area (Å²) >= 11 is 0. The van der Waals surface area contributed by atoms with Crippen molar-refractivity contribution in [1.82, 2.24) is 4.98 Å². The molecule has 0 aliphatic heterocycles. The highest BCUT2D eigenvalue weighted by Gasteiger charge is 2.40. The van der Waals surface area contributed by atoms with Gasteiger partial charge in [0.15, 0.2) is 6.23 Å². The number of hydrogen-bond donors (Lipinski definition) is 2. The molecule has 1 atom stereocenters. The van der Waals surface area contributed by atoms with Crippen molar-refractivity contribution in [3.05, 3.63) is 64.7 Å². The number of pyridine rings is 1. The van der Waals surface area contributed by atoms with Gasteiger partial charge in [-0.05, 0) is 62.1 Å². The summed E-state index contributed by atoms with van der Waals surface area (Å²) in [6.45, 7) is 5.95. The lowest BCUT2D eigenvalue weighted by atomic mass is 10.0. The number of aliphatic hydroxyl groups excluding tert-OH is 1. The van der Waals surface area contributed by atoms with Gasteiger partial charge in [-0.25, -0.2) is 4.39 Å². The van der Waals surface area contributed by atoms with E-state index in [2.05, 4.69) is 17.2 Å². The van der Waals surface area contributed by atoms with Crippen molar-refractivity contribution in [2.45, 2.75) is 45.3 Å². The molecule has 24 heavy (non-hydrogen) atoms. The van der Waals surface area contributed by atoms with E-state index >= 15 is 0 Å². The Balaban J connectivity index is 1.84. The number of rotatable bonds is 5. The second-order valence-corrected chi connectivity index (χ2v) is 6.77. The van der Waals surface area contributed by atoms with Gasteiger partial charge in [-0.1, -0.05) is 19.1 Å². The van der Waals surface area contributed by atoms with Crippen molar-refractivity contribution in [2.24, 2.45) is 0 Å². The second kappa shape index (κ2) is 6.36. The molecule has 0 amide bonds. The molecule has 1 unspecified atom stereocenters. The minimum absolute atomic E-state index is 0.129. The summed E-state index contributed by atoms with van der Waals surface area (Å²) in [6, 6.07) is 6.86. The van der Waals surface area contributed by atoms with Crippen molar-refractivity contribution in [3.63, 3.8) is 0 Å². The number of aryl methyl sites for hydroxylation is 1. The lowest BCUT2D eigenvalue weighted by molar-refractivity contribution is 0.207. The fraction of sp³-hybridized carbons (Fsp3) is 0.350. The van der Waals surface area contributed by atoms with E-state index in [0.29, 0.717) is 5.56 Å². The molecule has 0 radical (unpaired) electrons. The minimum atomic E-state index is -0.982. The highest BCUT2D eigenvalue weighted by Crippen LogP contribution is 2.46. The Morgan fingerprint density at radius 2 is 2.08 bits per heavy atom. The Kier molecular flexibility index (Phi) is 4.41. The molecule has 1 fully saturated rings. The van der Waals surface area contributed by atoms with E-state index in [-0.39, 0.29) is 16.9 Å². The number of nitrogens with one attached hydrogen (secondary N) is 1. The first-order chi connectivity index (χ1) is 11.4. The molecule has 4 heteroatoms. The van der Waals surface area contributed by atoms with Gasteiger partial charge >= 0.3 is 0 Å². The van der Waals surface area contributed by atoms with Gasteiger partial charge in [-0.3, -0.25) is 4.98 Å². The predicted octanol–water partition coefficient (Wildman–Crippen LogP) is 4.72. The van der Waals surface area contributed by atoms with Crippen LogP contribution >= 0.6 is 0 Å². The summed E-state index contributed by atoms with van der Waals surface area (Å²) in [5.41, 5.74) is 3.88. The summed E-state index contributed by atoms with van der Waals surface area (Å²) < 4.78 is 14.2. The molecule has 0 bridgehead atoms. The van der Waals surface area contributed by atoms with E-state index in [9.17, 15) is 9.50 Å². The number of halogens is 1. The molecule has 1 aromatic heterocycles. The van der Waals surface area contributed by atoms with E-state index in [1.165, 1.54) is 6.07 Å². The van der Waals surface area contributed by atoms with Crippen LogP contribution in [-0.4, -0.2) is 10.1 Å². The zero-order chi connectivity index (χ0) is 17.3. The van der Waals surface area contributed by atoms with Crippen LogP contribution in [0.5, 0.6) is 0 Å². The fourth-order valence-electron chi connectivity index (χ4n) is 2.78. The summed E-state index contributed by atoms with van der Waals surface area (Å²) in [7, 11) is 0. The Morgan fingerprint density at radius 1 is 1.33 bits per heavy atom. The van der Waals surface area contributed by atoms with Gasteiger partial charge in [0, 0.05) is 22.9 Å². The second-order valence-electron chi connectivity index (χ2n) is 6.77. The van der Waals surface area contributed by atoms with Crippen LogP contribution in [0.15, 0.2) is 36.5 Å². The number of hydrogen-bond acceptors (Lipinski definition) is 3. The van der Waals surface area contributed by atoms with E-state index in [4.69, 9.17) is 0 Å². The van der Waals surface area contributed by atoms with Crippen molar-refractivity contribution in [2.75, 3.05) is 5.32 Å². The summed E-state index contributed by atoms with van der Waals surface area (Å²) in [5.74, 6) is -0.372. The SMILES string of the molecule is C/C=C/c1cc(NC(O)c2ccnc(C3(C)CC3)c2)c(F)cc1C. The molecule has 1 heterocycles. The molecule has 3 nitrogen and oxygen atoms in total. The molecule has 2 N–H and O–H groups in total. The number of aliphatic hydroxyl groups is 1. The van der Waals surface area contributed by atoms with Crippen LogP contribution in [0.4, 0.5) is 10.1 Å². The van der Waals surface area contributed by atoms with E-state index < -0.39 is 6.23 Å². The number of allylic oxidation sites excluding steroid dienone is 1. The first kappa shape index (κ1) is 16.7. The molecule has 1 aliphatic rings. The van der Waals surface area contributed by atoms with Gasteiger partial charge in [0.2, 0.25) is 0 Å². The van der Waals surface area contributed by atoms with Crippen LogP contribution in [0, 0.1) is 12.7 Å². The van der Waals surface area contributed by atoms with Gasteiger partial charge in [0.1, 0.15) is 5.82 Å². The molecule has 1 aromatic carbocycles. The van der Waals surface area contributed by atoms with Crippen molar-refractivity contribution in [3.8, 4) is 0 Å². The van der Waals surface area contributed by atoms with Gasteiger partial charge in [-0.2, -0.15) is 0 Å². The van der Waals surface area contributed by atoms with E-state index in [0.717, 1.165) is 29.7 Å². The summed E-state index contributed by atoms with van der Waals surface area (Å²) in [5, 5.41) is 13.3. The molecule has 126 valence electrons. The third-order valence-electron chi connectivity index (χ3n) is 4.71. The number of aromatic nitrogens is 1. The molecule has 1 saturated carbocycles. The first-order valence-corrected chi connectivity index (χ1v) is 8.27. The quantitative estimate of drug-likeness (QED) is 0.782. The van der Waals surface area contributed by atoms with E-state index in [1.807, 2.05) is 32.1 Å². The number of benzene rings is 1. The monoisotopic (exact) mass is 326 g/mol. The summed E-state index contributed by atoms with van der Waals surface area (Å²) in [6.07, 6.45) is 6.79.